The lowest BCUT2D eigenvalue weighted by Crippen LogP contribution is -2.51. The molecule has 4 unspecified atom stereocenters. The largest absolute Gasteiger partial charge is 0.481 e. The number of nitrogens with zero attached hydrogens (tertiary/aromatic N) is 3. The van der Waals surface area contributed by atoms with Crippen molar-refractivity contribution in [3.63, 3.8) is 0 Å². The standard InChI is InChI=1S/C40H44N4O8/c1-27-36(25-42-19-21-43(22-20-42)34-13-15-35(16-14-34)44(49)50)51-40(52-39(27)31-7-5-28(26-45)6-8-31)32-11-9-30(10-12-32)33-4-2-3-29(23-33)24-41-37(46)17-18-38(47)48/h2-16,23,27,36,39-40,45H,17-22,24-26H2,1H3,(H,41,46)(H,47,48). The number of carboxylic acid groups (broad SMARTS) is 1. The SMILES string of the molecule is CC1C(CN2CCN(c3ccc([N+](=O)[O-])cc3)CC2)OC(c2ccc(-c3cccc(CNC(=O)CCC(=O)O)c3)cc2)OC1c1ccc(CO)cc1. The zero-order chi connectivity index (χ0) is 36.6. The van der Waals surface area contributed by atoms with Gasteiger partial charge < -0.3 is 29.9 Å². The quantitative estimate of drug-likeness (QED) is 0.114. The maximum absolute atomic E-state index is 12.0. The zero-order valence-electron chi connectivity index (χ0n) is 29.1. The number of nitro benzene ring substituents is 1. The van der Waals surface area contributed by atoms with Crippen LogP contribution in [0.15, 0.2) is 97.1 Å². The number of non-ortho nitro benzene ring substituents is 1. The van der Waals surface area contributed by atoms with Crippen LogP contribution in [-0.4, -0.2) is 70.7 Å². The predicted octanol–water partition coefficient (Wildman–Crippen LogP) is 5.85. The Labute approximate surface area is 302 Å². The third-order valence-electron chi connectivity index (χ3n) is 9.86. The number of amides is 1. The van der Waals surface area contributed by atoms with E-state index in [9.17, 15) is 24.8 Å². The molecule has 6 rings (SSSR count). The highest BCUT2D eigenvalue weighted by Crippen LogP contribution is 2.42. The Hall–Kier alpha value is -5.14. The van der Waals surface area contributed by atoms with Gasteiger partial charge in [-0.25, -0.2) is 0 Å². The fourth-order valence-corrected chi connectivity index (χ4v) is 6.76. The Morgan fingerprint density at radius 2 is 1.54 bits per heavy atom. The van der Waals surface area contributed by atoms with Crippen LogP contribution >= 0.6 is 0 Å². The van der Waals surface area contributed by atoms with Crippen molar-refractivity contribution in [3.05, 3.63) is 129 Å². The Bertz CT molecular complexity index is 1830. The lowest BCUT2D eigenvalue weighted by Gasteiger charge is -2.44. The van der Waals surface area contributed by atoms with Gasteiger partial charge in [-0.1, -0.05) is 73.7 Å². The van der Waals surface area contributed by atoms with Gasteiger partial charge >= 0.3 is 5.97 Å². The number of nitro groups is 1. The summed E-state index contributed by atoms with van der Waals surface area (Å²) >= 11 is 0. The topological polar surface area (TPSA) is 155 Å². The summed E-state index contributed by atoms with van der Waals surface area (Å²) in [6.45, 7) is 6.39. The molecule has 0 bridgehead atoms. The highest BCUT2D eigenvalue weighted by molar-refractivity contribution is 5.80. The first-order valence-electron chi connectivity index (χ1n) is 17.6. The number of carboxylic acids is 1. The van der Waals surface area contributed by atoms with Gasteiger partial charge in [0.1, 0.15) is 0 Å². The molecule has 0 spiro atoms. The summed E-state index contributed by atoms with van der Waals surface area (Å²) in [6, 6.07) is 30.5. The summed E-state index contributed by atoms with van der Waals surface area (Å²) in [5, 5.41) is 32.3. The minimum absolute atomic E-state index is 0.0295. The van der Waals surface area contributed by atoms with Crippen molar-refractivity contribution in [2.45, 2.75) is 51.4 Å². The van der Waals surface area contributed by atoms with Crippen molar-refractivity contribution in [2.24, 2.45) is 5.92 Å². The van der Waals surface area contributed by atoms with Gasteiger partial charge in [-0.3, -0.25) is 24.6 Å². The van der Waals surface area contributed by atoms with Gasteiger partial charge in [-0.15, -0.1) is 0 Å². The molecule has 12 nitrogen and oxygen atoms in total. The molecule has 2 heterocycles. The van der Waals surface area contributed by atoms with Gasteiger partial charge in [0.15, 0.2) is 6.29 Å². The minimum atomic E-state index is -1.00. The number of piperazine rings is 1. The van der Waals surface area contributed by atoms with E-state index in [1.165, 1.54) is 0 Å². The van der Waals surface area contributed by atoms with Crippen molar-refractivity contribution in [3.8, 4) is 11.1 Å². The molecule has 272 valence electrons. The van der Waals surface area contributed by atoms with E-state index in [2.05, 4.69) is 22.0 Å². The first kappa shape index (κ1) is 36.6. The van der Waals surface area contributed by atoms with Gasteiger partial charge in [0.05, 0.1) is 30.2 Å². The summed E-state index contributed by atoms with van der Waals surface area (Å²) in [7, 11) is 0. The van der Waals surface area contributed by atoms with Gasteiger partial charge in [0.25, 0.3) is 5.69 Å². The molecule has 2 fully saturated rings. The van der Waals surface area contributed by atoms with Crippen LogP contribution in [0.1, 0.15) is 54.4 Å². The summed E-state index contributed by atoms with van der Waals surface area (Å²) in [5.41, 5.74) is 6.69. The molecular formula is C40H44N4O8. The smallest absolute Gasteiger partial charge is 0.303 e. The van der Waals surface area contributed by atoms with Crippen LogP contribution in [-0.2, 0) is 32.2 Å². The number of rotatable bonds is 13. The fraction of sp³-hybridized carbons (Fsp3) is 0.350. The van der Waals surface area contributed by atoms with Crippen molar-refractivity contribution in [1.29, 1.82) is 0 Å². The van der Waals surface area contributed by atoms with E-state index in [4.69, 9.17) is 14.6 Å². The highest BCUT2D eigenvalue weighted by Gasteiger charge is 2.39. The Morgan fingerprint density at radius 1 is 0.846 bits per heavy atom. The summed E-state index contributed by atoms with van der Waals surface area (Å²) in [6.07, 6.45) is -1.23. The molecule has 0 saturated carbocycles. The van der Waals surface area contributed by atoms with Crippen LogP contribution in [0.4, 0.5) is 11.4 Å². The second kappa shape index (κ2) is 16.9. The van der Waals surface area contributed by atoms with E-state index in [1.54, 1.807) is 12.1 Å². The van der Waals surface area contributed by atoms with Crippen molar-refractivity contribution >= 4 is 23.3 Å². The number of nitrogens with one attached hydrogen (secondary N) is 1. The average Bonchev–Trinajstić information content (AvgIpc) is 3.17. The van der Waals surface area contributed by atoms with E-state index in [0.29, 0.717) is 6.54 Å². The number of aliphatic hydroxyl groups excluding tert-OH is 1. The molecule has 2 aliphatic heterocycles. The second-order valence-electron chi connectivity index (χ2n) is 13.4. The third-order valence-corrected chi connectivity index (χ3v) is 9.86. The molecular weight excluding hydrogens is 664 g/mol. The molecule has 0 aromatic heterocycles. The molecule has 0 aliphatic carbocycles. The van der Waals surface area contributed by atoms with Gasteiger partial charge in [0.2, 0.25) is 5.91 Å². The maximum Gasteiger partial charge on any atom is 0.303 e. The van der Waals surface area contributed by atoms with Crippen LogP contribution in [0.5, 0.6) is 0 Å². The summed E-state index contributed by atoms with van der Waals surface area (Å²) in [5.74, 6) is -1.27. The molecule has 2 saturated heterocycles. The average molecular weight is 709 g/mol. The van der Waals surface area contributed by atoms with Crippen LogP contribution in [0.25, 0.3) is 11.1 Å². The van der Waals surface area contributed by atoms with E-state index in [0.717, 1.165) is 71.8 Å². The Morgan fingerprint density at radius 3 is 2.19 bits per heavy atom. The number of carbonyl (C=O) groups excluding carboxylic acids is 1. The normalized spacial score (nSPS) is 20.7. The number of aliphatic hydroxyl groups is 1. The lowest BCUT2D eigenvalue weighted by molar-refractivity contribution is -0.384. The first-order valence-corrected chi connectivity index (χ1v) is 17.6. The highest BCUT2D eigenvalue weighted by atomic mass is 16.7. The van der Waals surface area contributed by atoms with Crippen molar-refractivity contribution in [2.75, 3.05) is 37.6 Å². The fourth-order valence-electron chi connectivity index (χ4n) is 6.76. The number of carbonyl (C=O) groups is 2. The monoisotopic (exact) mass is 708 g/mol. The maximum atomic E-state index is 12.0. The number of benzene rings is 4. The molecule has 12 heteroatoms. The van der Waals surface area contributed by atoms with Gasteiger partial charge in [-0.2, -0.15) is 0 Å². The molecule has 0 radical (unpaired) electrons. The number of hydrogen-bond donors (Lipinski definition) is 3. The first-order chi connectivity index (χ1) is 25.2. The van der Waals surface area contributed by atoms with Crippen LogP contribution in [0.2, 0.25) is 0 Å². The molecule has 1 amide bonds. The Balaban J connectivity index is 1.14. The molecule has 4 aromatic carbocycles. The molecule has 52 heavy (non-hydrogen) atoms. The molecule has 4 aromatic rings. The van der Waals surface area contributed by atoms with E-state index in [-0.39, 0.29) is 54.1 Å². The lowest BCUT2D eigenvalue weighted by atomic mass is 9.89. The van der Waals surface area contributed by atoms with Gasteiger partial charge in [0, 0.05) is 75.0 Å². The van der Waals surface area contributed by atoms with Gasteiger partial charge in [-0.05, 0) is 46.0 Å². The number of ether oxygens (including phenoxy) is 2. The van der Waals surface area contributed by atoms with Crippen LogP contribution in [0, 0.1) is 16.0 Å². The summed E-state index contributed by atoms with van der Waals surface area (Å²) < 4.78 is 13.4. The molecule has 3 N–H and O–H groups in total. The van der Waals surface area contributed by atoms with E-state index in [1.807, 2.05) is 84.9 Å². The minimum Gasteiger partial charge on any atom is -0.481 e. The van der Waals surface area contributed by atoms with E-state index < -0.39 is 12.3 Å². The second-order valence-corrected chi connectivity index (χ2v) is 13.4. The zero-order valence-corrected chi connectivity index (χ0v) is 29.1. The van der Waals surface area contributed by atoms with E-state index >= 15 is 0 Å². The Kier molecular flexibility index (Phi) is 11.9. The molecule has 4 atom stereocenters. The van der Waals surface area contributed by atoms with Crippen LogP contribution in [0.3, 0.4) is 0 Å². The van der Waals surface area contributed by atoms with Crippen molar-refractivity contribution in [1.82, 2.24) is 10.2 Å². The number of aliphatic carboxylic acids is 1. The number of anilines is 1. The molecule has 2 aliphatic rings. The van der Waals surface area contributed by atoms with Crippen LogP contribution < -0.4 is 10.2 Å². The number of hydrogen-bond acceptors (Lipinski definition) is 9. The summed E-state index contributed by atoms with van der Waals surface area (Å²) in [4.78, 5) is 38.2. The van der Waals surface area contributed by atoms with Crippen molar-refractivity contribution < 1.29 is 34.2 Å². The predicted molar refractivity (Wildman–Crippen MR) is 195 cm³/mol. The third kappa shape index (κ3) is 9.20.